The van der Waals surface area contributed by atoms with Crippen molar-refractivity contribution < 1.29 is 19.4 Å². The number of aliphatic hydroxyl groups is 1. The van der Waals surface area contributed by atoms with Gasteiger partial charge in [-0.3, -0.25) is 4.79 Å². The Balaban J connectivity index is 1.14. The van der Waals surface area contributed by atoms with Crippen LogP contribution in [0.4, 0.5) is 0 Å². The summed E-state index contributed by atoms with van der Waals surface area (Å²) in [6.45, 7) is 2.46. The number of carbonyl (C=O) groups excluding carboxylic acids is 1. The maximum absolute atomic E-state index is 12.9. The van der Waals surface area contributed by atoms with Gasteiger partial charge in [0.05, 0.1) is 12.2 Å². The highest BCUT2D eigenvalue weighted by atomic mass is 16.5. The fourth-order valence-electron chi connectivity index (χ4n) is 6.63. The van der Waals surface area contributed by atoms with Crippen molar-refractivity contribution >= 4 is 5.91 Å². The first-order valence-corrected chi connectivity index (χ1v) is 11.9. The van der Waals surface area contributed by atoms with Crippen LogP contribution >= 0.6 is 0 Å². The van der Waals surface area contributed by atoms with Gasteiger partial charge in [-0.25, -0.2) is 0 Å². The molecule has 4 fully saturated rings. The number of hydrogen-bond acceptors (Lipinski definition) is 4. The molecule has 1 amide bonds. The predicted octanol–water partition coefficient (Wildman–Crippen LogP) is 3.94. The molecule has 5 rings (SSSR count). The van der Waals surface area contributed by atoms with Gasteiger partial charge >= 0.3 is 0 Å². The lowest BCUT2D eigenvalue weighted by Crippen LogP contribution is -2.41. The summed E-state index contributed by atoms with van der Waals surface area (Å²) in [4.78, 5) is 12.9. The molecule has 5 unspecified atom stereocenters. The molecule has 1 aromatic rings. The average molecular weight is 414 g/mol. The summed E-state index contributed by atoms with van der Waals surface area (Å²) in [5, 5.41) is 14.2. The molecule has 30 heavy (non-hydrogen) atoms. The van der Waals surface area contributed by atoms with Crippen LogP contribution in [0.3, 0.4) is 0 Å². The summed E-state index contributed by atoms with van der Waals surface area (Å²) in [6, 6.07) is 7.74. The highest BCUT2D eigenvalue weighted by molar-refractivity contribution is 5.94. The molecule has 164 valence electrons. The Hall–Kier alpha value is -1.59. The van der Waals surface area contributed by atoms with E-state index >= 15 is 0 Å². The van der Waals surface area contributed by atoms with Gasteiger partial charge in [-0.05, 0) is 106 Å². The van der Waals surface area contributed by atoms with E-state index in [0.29, 0.717) is 35.8 Å². The quantitative estimate of drug-likeness (QED) is 0.741. The second-order valence-electron chi connectivity index (χ2n) is 10.2. The van der Waals surface area contributed by atoms with Crippen LogP contribution in [0.15, 0.2) is 24.3 Å². The molecule has 3 aliphatic carbocycles. The maximum atomic E-state index is 12.9. The third kappa shape index (κ3) is 4.38. The summed E-state index contributed by atoms with van der Waals surface area (Å²) >= 11 is 0. The predicted molar refractivity (Wildman–Crippen MR) is 114 cm³/mol. The Morgan fingerprint density at radius 2 is 1.90 bits per heavy atom. The van der Waals surface area contributed by atoms with E-state index in [9.17, 15) is 9.90 Å². The molecule has 5 heteroatoms. The monoisotopic (exact) mass is 413 g/mol. The number of hydrogen-bond donors (Lipinski definition) is 2. The smallest absolute Gasteiger partial charge is 0.251 e. The van der Waals surface area contributed by atoms with Gasteiger partial charge in [0.1, 0.15) is 5.75 Å². The molecular formula is C25H35NO4. The largest absolute Gasteiger partial charge is 0.494 e. The number of rotatable bonds is 6. The average Bonchev–Trinajstić information content (AvgIpc) is 2.93. The normalized spacial score (nSPS) is 35.8. The molecule has 2 N–H and O–H groups in total. The Morgan fingerprint density at radius 1 is 1.10 bits per heavy atom. The molecule has 0 aromatic heterocycles. The van der Waals surface area contributed by atoms with Gasteiger partial charge in [-0.2, -0.15) is 0 Å². The van der Waals surface area contributed by atoms with Crippen molar-refractivity contribution in [2.75, 3.05) is 19.8 Å². The first-order chi connectivity index (χ1) is 14.6. The third-order valence-electron chi connectivity index (χ3n) is 8.14. The van der Waals surface area contributed by atoms with Gasteiger partial charge in [0.2, 0.25) is 0 Å². The minimum absolute atomic E-state index is 0.00182. The maximum Gasteiger partial charge on any atom is 0.251 e. The number of amides is 1. The molecule has 4 aliphatic rings. The topological polar surface area (TPSA) is 67.8 Å². The summed E-state index contributed by atoms with van der Waals surface area (Å²) in [7, 11) is 0. The molecule has 1 saturated heterocycles. The molecular weight excluding hydrogens is 378 g/mol. The second kappa shape index (κ2) is 8.51. The molecule has 0 radical (unpaired) electrons. The van der Waals surface area contributed by atoms with E-state index in [4.69, 9.17) is 9.47 Å². The molecule has 3 bridgehead atoms. The van der Waals surface area contributed by atoms with Crippen molar-refractivity contribution in [3.63, 3.8) is 0 Å². The van der Waals surface area contributed by atoms with Crippen LogP contribution < -0.4 is 10.1 Å². The molecule has 5 atom stereocenters. The van der Waals surface area contributed by atoms with Gasteiger partial charge in [0.25, 0.3) is 5.91 Å². The van der Waals surface area contributed by atoms with Crippen LogP contribution in [0.25, 0.3) is 0 Å². The van der Waals surface area contributed by atoms with Gasteiger partial charge in [0.15, 0.2) is 0 Å². The fraction of sp³-hybridized carbons (Fsp3) is 0.720. The van der Waals surface area contributed by atoms with Gasteiger partial charge in [-0.1, -0.05) is 0 Å². The van der Waals surface area contributed by atoms with Crippen LogP contribution in [0.1, 0.15) is 68.1 Å². The van der Waals surface area contributed by atoms with Crippen LogP contribution in [0.5, 0.6) is 5.75 Å². The SMILES string of the molecule is O=C(NC1CCC2CC3CC(O)(C2)CC31)c1ccc(OCCC2CCOCC2)cc1. The van der Waals surface area contributed by atoms with Crippen molar-refractivity contribution in [2.24, 2.45) is 23.7 Å². The van der Waals surface area contributed by atoms with Crippen LogP contribution in [0, 0.1) is 23.7 Å². The van der Waals surface area contributed by atoms with Gasteiger partial charge < -0.3 is 19.9 Å². The van der Waals surface area contributed by atoms with Gasteiger partial charge in [0, 0.05) is 24.8 Å². The molecule has 1 aromatic carbocycles. The second-order valence-corrected chi connectivity index (χ2v) is 10.2. The first-order valence-electron chi connectivity index (χ1n) is 11.9. The zero-order valence-electron chi connectivity index (χ0n) is 17.9. The highest BCUT2D eigenvalue weighted by Gasteiger charge is 2.53. The van der Waals surface area contributed by atoms with E-state index in [1.165, 1.54) is 6.42 Å². The lowest BCUT2D eigenvalue weighted by molar-refractivity contribution is -0.00594. The van der Waals surface area contributed by atoms with Crippen LogP contribution in [-0.2, 0) is 4.74 Å². The molecule has 3 saturated carbocycles. The van der Waals surface area contributed by atoms with Crippen LogP contribution in [0.2, 0.25) is 0 Å². The highest BCUT2D eigenvalue weighted by Crippen LogP contribution is 2.55. The van der Waals surface area contributed by atoms with Crippen LogP contribution in [-0.4, -0.2) is 42.5 Å². The van der Waals surface area contributed by atoms with Crippen molar-refractivity contribution in [3.05, 3.63) is 29.8 Å². The van der Waals surface area contributed by atoms with E-state index in [1.54, 1.807) is 0 Å². The Kier molecular flexibility index (Phi) is 5.76. The minimum atomic E-state index is -0.467. The number of fused-ring (bicyclic) bond motifs is 2. The standard InChI is InChI=1S/C25H35NO4/c27-24(26-23-6-1-18-13-20-15-25(28,14-18)16-22(20)23)19-2-4-21(5-3-19)30-12-9-17-7-10-29-11-8-17/h2-5,17-18,20,22-23,28H,1,6-16H2,(H,26,27). The lowest BCUT2D eigenvalue weighted by Gasteiger charge is -2.33. The lowest BCUT2D eigenvalue weighted by atomic mass is 9.77. The summed E-state index contributed by atoms with van der Waals surface area (Å²) < 4.78 is 11.3. The molecule has 1 heterocycles. The number of ether oxygens (including phenoxy) is 2. The molecule has 1 aliphatic heterocycles. The van der Waals surface area contributed by atoms with Gasteiger partial charge in [-0.15, -0.1) is 0 Å². The number of nitrogens with one attached hydrogen (secondary N) is 1. The van der Waals surface area contributed by atoms with E-state index < -0.39 is 5.60 Å². The third-order valence-corrected chi connectivity index (χ3v) is 8.14. The van der Waals surface area contributed by atoms with Crippen molar-refractivity contribution in [1.29, 1.82) is 0 Å². The molecule has 5 nitrogen and oxygen atoms in total. The number of benzene rings is 1. The summed E-state index contributed by atoms with van der Waals surface area (Å²) in [5.74, 6) is 3.17. The van der Waals surface area contributed by atoms with Crippen molar-refractivity contribution in [3.8, 4) is 5.75 Å². The Bertz CT molecular complexity index is 744. The molecule has 0 spiro atoms. The van der Waals surface area contributed by atoms with E-state index in [0.717, 1.165) is 70.3 Å². The fourth-order valence-corrected chi connectivity index (χ4v) is 6.63. The van der Waals surface area contributed by atoms with Crippen molar-refractivity contribution in [1.82, 2.24) is 5.32 Å². The van der Waals surface area contributed by atoms with E-state index in [-0.39, 0.29) is 11.9 Å². The first kappa shape index (κ1) is 20.3. The summed E-state index contributed by atoms with van der Waals surface area (Å²) in [6.07, 6.45) is 9.48. The van der Waals surface area contributed by atoms with E-state index in [1.807, 2.05) is 24.3 Å². The Labute approximate surface area is 179 Å². The number of carbonyl (C=O) groups is 1. The van der Waals surface area contributed by atoms with E-state index in [2.05, 4.69) is 5.32 Å². The zero-order valence-corrected chi connectivity index (χ0v) is 17.9. The summed E-state index contributed by atoms with van der Waals surface area (Å²) in [5.41, 5.74) is 0.222. The van der Waals surface area contributed by atoms with Crippen molar-refractivity contribution in [2.45, 2.75) is 69.4 Å². The minimum Gasteiger partial charge on any atom is -0.494 e. The Morgan fingerprint density at radius 3 is 2.70 bits per heavy atom. The zero-order chi connectivity index (χ0) is 20.6.